The zero-order chi connectivity index (χ0) is 29.8. The van der Waals surface area contributed by atoms with E-state index in [1.165, 1.54) is 0 Å². The van der Waals surface area contributed by atoms with Gasteiger partial charge in [0, 0.05) is 35.5 Å². The van der Waals surface area contributed by atoms with Gasteiger partial charge in [-0.3, -0.25) is 29.1 Å². The third-order valence-corrected chi connectivity index (χ3v) is 12.3. The van der Waals surface area contributed by atoms with Crippen LogP contribution in [0.25, 0.3) is 0 Å². The van der Waals surface area contributed by atoms with Crippen LogP contribution < -0.4 is 10.2 Å². The molecule has 0 unspecified atom stereocenters. The van der Waals surface area contributed by atoms with Crippen molar-refractivity contribution in [2.45, 2.75) is 64.4 Å². The number of carbonyl (C=O) groups is 3. The molecular weight excluding hydrogens is 551 g/mol. The summed E-state index contributed by atoms with van der Waals surface area (Å²) in [5.74, 6) is -0.535. The highest BCUT2D eigenvalue weighted by Gasteiger charge is 2.68. The molecule has 9 heteroatoms. The number of fused-ring (bicyclic) bond motifs is 5. The molecular formula is C33H39N2O6P. The van der Waals surface area contributed by atoms with Crippen LogP contribution in [0.2, 0.25) is 0 Å². The van der Waals surface area contributed by atoms with Crippen molar-refractivity contribution in [3.8, 4) is 0 Å². The van der Waals surface area contributed by atoms with Gasteiger partial charge >= 0.3 is 7.67 Å². The third kappa shape index (κ3) is 4.78. The van der Waals surface area contributed by atoms with Crippen molar-refractivity contribution in [3.63, 3.8) is 0 Å². The lowest BCUT2D eigenvalue weighted by atomic mass is 9.46. The van der Waals surface area contributed by atoms with Crippen molar-refractivity contribution >= 4 is 36.4 Å². The van der Waals surface area contributed by atoms with E-state index in [9.17, 15) is 24.1 Å². The molecule has 6 atom stereocenters. The summed E-state index contributed by atoms with van der Waals surface area (Å²) in [4.78, 5) is 39.9. The first-order chi connectivity index (χ1) is 20.0. The molecule has 0 amide bonds. The molecule has 222 valence electrons. The van der Waals surface area contributed by atoms with Gasteiger partial charge in [-0.25, -0.2) is 4.57 Å². The number of Topliss-reactive ketones (excluding diaryl/α,β-unsaturated/α-hetero) is 2. The molecule has 42 heavy (non-hydrogen) atoms. The predicted octanol–water partition coefficient (Wildman–Crippen LogP) is 6.35. The van der Waals surface area contributed by atoms with Gasteiger partial charge in [0.15, 0.2) is 11.6 Å². The molecule has 0 bridgehead atoms. The average Bonchev–Trinajstić information content (AvgIpc) is 3.23. The highest BCUT2D eigenvalue weighted by molar-refractivity contribution is 7.62. The van der Waals surface area contributed by atoms with Crippen LogP contribution in [0.3, 0.4) is 0 Å². The monoisotopic (exact) mass is 590 g/mol. The van der Waals surface area contributed by atoms with Gasteiger partial charge in [0.1, 0.15) is 18.0 Å². The van der Waals surface area contributed by atoms with Gasteiger partial charge in [0.2, 0.25) is 0 Å². The summed E-state index contributed by atoms with van der Waals surface area (Å²) in [6.07, 6.45) is 5.37. The Kier molecular flexibility index (Phi) is 7.32. The Bertz CT molecular complexity index is 1430. The standard InChI is InChI=1S/C33H39N2O6P/c1-31-17-15-25(36)19-22(31)13-14-26-27-16-18-33(39,32(27,2)20-28(37)30(26)31)29(38)21-41-42(40,34-23-9-5-3-6-10-23)35-24-11-7-4-8-12-24/h3-12,19,26-27,30,39H,13-18,20-21H2,1-2H3,(H2,34,35,40)/t26-,27-,30+,31-,32+,33-/m1/s1. The minimum atomic E-state index is -3.84. The number of hydrogen-bond donors (Lipinski definition) is 3. The minimum absolute atomic E-state index is 0.0122. The molecule has 8 nitrogen and oxygen atoms in total. The summed E-state index contributed by atoms with van der Waals surface area (Å²) >= 11 is 0. The van der Waals surface area contributed by atoms with E-state index in [0.29, 0.717) is 30.6 Å². The Morgan fingerprint density at radius 3 is 2.19 bits per heavy atom. The van der Waals surface area contributed by atoms with Gasteiger partial charge in [-0.05, 0) is 79.7 Å². The van der Waals surface area contributed by atoms with Crippen molar-refractivity contribution in [1.29, 1.82) is 0 Å². The van der Waals surface area contributed by atoms with Crippen LogP contribution in [-0.4, -0.2) is 34.7 Å². The van der Waals surface area contributed by atoms with E-state index in [2.05, 4.69) is 17.1 Å². The largest absolute Gasteiger partial charge is 0.392 e. The fourth-order valence-electron chi connectivity index (χ4n) is 8.57. The summed E-state index contributed by atoms with van der Waals surface area (Å²) < 4.78 is 19.8. The Labute approximate surface area is 246 Å². The lowest BCUT2D eigenvalue weighted by molar-refractivity contribution is -0.170. The van der Waals surface area contributed by atoms with Crippen LogP contribution in [-0.2, 0) is 23.5 Å². The van der Waals surface area contributed by atoms with E-state index < -0.39 is 31.1 Å². The molecule has 0 heterocycles. The molecule has 0 aliphatic heterocycles. The van der Waals surface area contributed by atoms with Gasteiger partial charge in [0.05, 0.1) is 0 Å². The Morgan fingerprint density at radius 2 is 1.57 bits per heavy atom. The van der Waals surface area contributed by atoms with E-state index in [4.69, 9.17) is 4.52 Å². The molecule has 0 spiro atoms. The normalized spacial score (nSPS) is 34.1. The number of allylic oxidation sites excluding steroid dienone is 1. The molecule has 3 fully saturated rings. The van der Waals surface area contributed by atoms with Gasteiger partial charge in [-0.1, -0.05) is 55.8 Å². The first-order valence-electron chi connectivity index (χ1n) is 14.9. The van der Waals surface area contributed by atoms with E-state index in [0.717, 1.165) is 18.4 Å². The van der Waals surface area contributed by atoms with Gasteiger partial charge < -0.3 is 5.11 Å². The summed E-state index contributed by atoms with van der Waals surface area (Å²) in [5.41, 5.74) is -0.879. The maximum absolute atomic E-state index is 14.0. The number of anilines is 2. The zero-order valence-electron chi connectivity index (χ0n) is 24.2. The van der Waals surface area contributed by atoms with E-state index in [1.807, 2.05) is 19.1 Å². The maximum atomic E-state index is 14.0. The van der Waals surface area contributed by atoms with Crippen LogP contribution in [0.5, 0.6) is 0 Å². The maximum Gasteiger partial charge on any atom is 0.392 e. The minimum Gasteiger partial charge on any atom is -0.381 e. The zero-order valence-corrected chi connectivity index (χ0v) is 25.1. The van der Waals surface area contributed by atoms with Crippen molar-refractivity contribution in [2.24, 2.45) is 28.6 Å². The molecule has 0 aromatic heterocycles. The second-order valence-electron chi connectivity index (χ2n) is 13.0. The van der Waals surface area contributed by atoms with E-state index in [1.54, 1.807) is 54.6 Å². The van der Waals surface area contributed by atoms with E-state index >= 15 is 0 Å². The SMILES string of the molecule is C[C@]12CC(=O)[C@@H]3[C@H](CCC4=CC(=O)CC[C@]43C)[C@H]1CC[C@@]2(O)C(=O)COP(=O)(Nc1ccccc1)Nc1ccccc1. The molecule has 4 aliphatic carbocycles. The summed E-state index contributed by atoms with van der Waals surface area (Å²) in [5, 5.41) is 17.9. The summed E-state index contributed by atoms with van der Waals surface area (Å²) in [6.45, 7) is 3.42. The number of benzene rings is 2. The van der Waals surface area contributed by atoms with Gasteiger partial charge in [-0.2, -0.15) is 0 Å². The van der Waals surface area contributed by atoms with Crippen molar-refractivity contribution < 1.29 is 28.6 Å². The third-order valence-electron chi connectivity index (χ3n) is 10.7. The lowest BCUT2D eigenvalue weighted by Gasteiger charge is -2.57. The van der Waals surface area contributed by atoms with Crippen molar-refractivity contribution in [1.82, 2.24) is 0 Å². The molecule has 3 saturated carbocycles. The predicted molar refractivity (Wildman–Crippen MR) is 161 cm³/mol. The van der Waals surface area contributed by atoms with Crippen LogP contribution in [0.1, 0.15) is 58.8 Å². The quantitative estimate of drug-likeness (QED) is 0.304. The molecule has 6 rings (SSSR count). The first-order valence-corrected chi connectivity index (χ1v) is 16.5. The second kappa shape index (κ2) is 10.6. The Morgan fingerprint density at radius 1 is 0.952 bits per heavy atom. The van der Waals surface area contributed by atoms with Gasteiger partial charge in [-0.15, -0.1) is 0 Å². The number of ketones is 3. The summed E-state index contributed by atoms with van der Waals surface area (Å²) in [7, 11) is -3.84. The highest BCUT2D eigenvalue weighted by Crippen LogP contribution is 2.66. The van der Waals surface area contributed by atoms with Crippen molar-refractivity contribution in [3.05, 3.63) is 72.3 Å². The Balaban J connectivity index is 1.23. The number of rotatable bonds is 8. The molecule has 0 saturated heterocycles. The number of carbonyl (C=O) groups excluding carboxylic acids is 3. The number of para-hydroxylation sites is 2. The highest BCUT2D eigenvalue weighted by atomic mass is 31.2. The lowest BCUT2D eigenvalue weighted by Crippen LogP contribution is -2.61. The number of hydrogen-bond acceptors (Lipinski definition) is 6. The fraction of sp³-hybridized carbons (Fsp3) is 0.485. The molecule has 4 aliphatic rings. The van der Waals surface area contributed by atoms with Crippen LogP contribution >= 0.6 is 7.67 Å². The molecule has 3 N–H and O–H groups in total. The molecule has 2 aromatic carbocycles. The average molecular weight is 591 g/mol. The first kappa shape index (κ1) is 29.0. The van der Waals surface area contributed by atoms with Crippen molar-refractivity contribution in [2.75, 3.05) is 16.8 Å². The smallest absolute Gasteiger partial charge is 0.381 e. The molecule has 2 aromatic rings. The van der Waals surface area contributed by atoms with E-state index in [-0.39, 0.29) is 47.6 Å². The van der Waals surface area contributed by atoms with Crippen LogP contribution in [0.15, 0.2) is 72.3 Å². The van der Waals surface area contributed by atoms with Crippen LogP contribution in [0, 0.1) is 28.6 Å². The van der Waals surface area contributed by atoms with Gasteiger partial charge in [0.25, 0.3) is 0 Å². The summed E-state index contributed by atoms with van der Waals surface area (Å²) in [6, 6.07) is 17.9. The molecule has 0 radical (unpaired) electrons. The topological polar surface area (TPSA) is 122 Å². The number of aliphatic hydroxyl groups is 1. The second-order valence-corrected chi connectivity index (χ2v) is 14.8. The fourth-order valence-corrected chi connectivity index (χ4v) is 10.0. The van der Waals surface area contributed by atoms with Crippen LogP contribution in [0.4, 0.5) is 11.4 Å². The Hall–Kier alpha value is -3.06. The number of nitrogens with one attached hydrogen (secondary N) is 2.